The van der Waals surface area contributed by atoms with Crippen molar-refractivity contribution in [2.45, 2.75) is 13.0 Å². The molecule has 0 heterocycles. The molecule has 2 rings (SSSR count). The molecule has 1 atom stereocenters. The molecule has 138 valence electrons. The van der Waals surface area contributed by atoms with Gasteiger partial charge in [-0.05, 0) is 31.2 Å². The van der Waals surface area contributed by atoms with Gasteiger partial charge in [-0.25, -0.2) is 8.78 Å². The first kappa shape index (κ1) is 19.2. The Balaban J connectivity index is 2.07. The third-order valence-corrected chi connectivity index (χ3v) is 3.58. The van der Waals surface area contributed by atoms with Gasteiger partial charge in [0.25, 0.3) is 0 Å². The second-order valence-corrected chi connectivity index (χ2v) is 5.42. The van der Waals surface area contributed by atoms with Crippen LogP contribution in [0.3, 0.4) is 0 Å². The standard InChI is InChI=1S/C18H18F2N2O4/c1-10(15-5-4-14(25-2)9-16(15)26-3)21-17(23)18(24)22-13-7-11(19)6-12(20)8-13/h4-10H,1-3H3,(H,21,23)(H,22,24)/t10-/m1/s1. The van der Waals surface area contributed by atoms with Crippen molar-refractivity contribution in [3.8, 4) is 11.5 Å². The quantitative estimate of drug-likeness (QED) is 0.800. The third kappa shape index (κ3) is 4.69. The number of carbonyl (C=O) groups is 2. The van der Waals surface area contributed by atoms with Gasteiger partial charge in [-0.2, -0.15) is 0 Å². The molecule has 6 nitrogen and oxygen atoms in total. The van der Waals surface area contributed by atoms with Crippen LogP contribution in [0.4, 0.5) is 14.5 Å². The summed E-state index contributed by atoms with van der Waals surface area (Å²) < 4.78 is 36.6. The lowest BCUT2D eigenvalue weighted by Gasteiger charge is -2.18. The zero-order valence-corrected chi connectivity index (χ0v) is 14.4. The van der Waals surface area contributed by atoms with Crippen molar-refractivity contribution in [2.24, 2.45) is 0 Å². The highest BCUT2D eigenvalue weighted by Crippen LogP contribution is 2.29. The molecule has 8 heteroatoms. The lowest BCUT2D eigenvalue weighted by molar-refractivity contribution is -0.136. The molecular weight excluding hydrogens is 346 g/mol. The summed E-state index contributed by atoms with van der Waals surface area (Å²) in [5, 5.41) is 4.64. The zero-order chi connectivity index (χ0) is 19.3. The molecule has 0 aromatic heterocycles. The van der Waals surface area contributed by atoms with E-state index in [1.165, 1.54) is 14.2 Å². The first-order valence-corrected chi connectivity index (χ1v) is 7.64. The highest BCUT2D eigenvalue weighted by atomic mass is 19.1. The topological polar surface area (TPSA) is 76.7 Å². The maximum Gasteiger partial charge on any atom is 0.313 e. The van der Waals surface area contributed by atoms with E-state index in [-0.39, 0.29) is 5.69 Å². The fourth-order valence-electron chi connectivity index (χ4n) is 2.33. The molecule has 0 aliphatic rings. The summed E-state index contributed by atoms with van der Waals surface area (Å²) in [5.41, 5.74) is 0.476. The summed E-state index contributed by atoms with van der Waals surface area (Å²) in [5.74, 6) is -2.68. The lowest BCUT2D eigenvalue weighted by Crippen LogP contribution is -2.37. The van der Waals surface area contributed by atoms with Crippen LogP contribution in [0.2, 0.25) is 0 Å². The Labute approximate surface area is 149 Å². The number of benzene rings is 2. The summed E-state index contributed by atoms with van der Waals surface area (Å²) in [7, 11) is 2.98. The summed E-state index contributed by atoms with van der Waals surface area (Å²) in [6, 6.07) is 6.95. The SMILES string of the molecule is COc1ccc([C@@H](C)NC(=O)C(=O)Nc2cc(F)cc(F)c2)c(OC)c1. The summed E-state index contributed by atoms with van der Waals surface area (Å²) in [4.78, 5) is 24.0. The molecule has 0 saturated heterocycles. The van der Waals surface area contributed by atoms with Gasteiger partial charge in [-0.3, -0.25) is 9.59 Å². The molecule has 2 amide bonds. The second kappa shape index (κ2) is 8.28. The van der Waals surface area contributed by atoms with Crippen molar-refractivity contribution in [2.75, 3.05) is 19.5 Å². The lowest BCUT2D eigenvalue weighted by atomic mass is 10.1. The van der Waals surface area contributed by atoms with Crippen molar-refractivity contribution >= 4 is 17.5 Å². The van der Waals surface area contributed by atoms with Crippen LogP contribution >= 0.6 is 0 Å². The molecular formula is C18H18F2N2O4. The molecule has 0 spiro atoms. The fourth-order valence-corrected chi connectivity index (χ4v) is 2.33. The Morgan fingerprint density at radius 2 is 1.62 bits per heavy atom. The average molecular weight is 364 g/mol. The second-order valence-electron chi connectivity index (χ2n) is 5.42. The predicted octanol–water partition coefficient (Wildman–Crippen LogP) is 2.80. The van der Waals surface area contributed by atoms with Crippen LogP contribution in [0, 0.1) is 11.6 Å². The van der Waals surface area contributed by atoms with E-state index < -0.39 is 29.5 Å². The summed E-state index contributed by atoms with van der Waals surface area (Å²) in [6.45, 7) is 1.66. The van der Waals surface area contributed by atoms with Gasteiger partial charge in [0.1, 0.15) is 23.1 Å². The van der Waals surface area contributed by atoms with Crippen molar-refractivity contribution in [3.05, 3.63) is 53.6 Å². The van der Waals surface area contributed by atoms with Gasteiger partial charge in [-0.15, -0.1) is 0 Å². The minimum Gasteiger partial charge on any atom is -0.497 e. The Hall–Kier alpha value is -3.16. The summed E-state index contributed by atoms with van der Waals surface area (Å²) in [6.07, 6.45) is 0. The van der Waals surface area contributed by atoms with Crippen LogP contribution in [-0.4, -0.2) is 26.0 Å². The van der Waals surface area contributed by atoms with Gasteiger partial charge >= 0.3 is 11.8 Å². The first-order valence-electron chi connectivity index (χ1n) is 7.64. The number of amides is 2. The largest absolute Gasteiger partial charge is 0.497 e. The maximum atomic E-state index is 13.1. The number of rotatable bonds is 5. The van der Waals surface area contributed by atoms with Crippen LogP contribution in [0.15, 0.2) is 36.4 Å². The Morgan fingerprint density at radius 3 is 2.19 bits per heavy atom. The molecule has 0 bridgehead atoms. The van der Waals surface area contributed by atoms with Gasteiger partial charge in [-0.1, -0.05) is 0 Å². The van der Waals surface area contributed by atoms with E-state index in [9.17, 15) is 18.4 Å². The minimum atomic E-state index is -1.05. The van der Waals surface area contributed by atoms with Gasteiger partial charge < -0.3 is 20.1 Å². The van der Waals surface area contributed by atoms with E-state index in [0.717, 1.165) is 12.1 Å². The molecule has 0 saturated carbocycles. The van der Waals surface area contributed by atoms with Crippen molar-refractivity contribution in [3.63, 3.8) is 0 Å². The van der Waals surface area contributed by atoms with Gasteiger partial charge in [0.2, 0.25) is 0 Å². The highest BCUT2D eigenvalue weighted by molar-refractivity contribution is 6.39. The van der Waals surface area contributed by atoms with E-state index in [0.29, 0.717) is 23.1 Å². The van der Waals surface area contributed by atoms with E-state index in [4.69, 9.17) is 9.47 Å². The zero-order valence-electron chi connectivity index (χ0n) is 14.4. The number of halogens is 2. The molecule has 0 fully saturated rings. The van der Waals surface area contributed by atoms with E-state index in [1.54, 1.807) is 25.1 Å². The van der Waals surface area contributed by atoms with Crippen molar-refractivity contribution in [1.82, 2.24) is 5.32 Å². The van der Waals surface area contributed by atoms with Crippen LogP contribution in [0.5, 0.6) is 11.5 Å². The number of ether oxygens (including phenoxy) is 2. The number of hydrogen-bond donors (Lipinski definition) is 2. The number of methoxy groups -OCH3 is 2. The van der Waals surface area contributed by atoms with Gasteiger partial charge in [0.05, 0.1) is 20.3 Å². The third-order valence-electron chi connectivity index (χ3n) is 3.58. The highest BCUT2D eigenvalue weighted by Gasteiger charge is 2.20. The molecule has 26 heavy (non-hydrogen) atoms. The number of hydrogen-bond acceptors (Lipinski definition) is 4. The van der Waals surface area contributed by atoms with Crippen molar-refractivity contribution < 1.29 is 27.8 Å². The van der Waals surface area contributed by atoms with E-state index >= 15 is 0 Å². The van der Waals surface area contributed by atoms with Crippen LogP contribution in [-0.2, 0) is 9.59 Å². The van der Waals surface area contributed by atoms with Gasteiger partial charge in [0, 0.05) is 23.4 Å². The molecule has 2 aromatic rings. The monoisotopic (exact) mass is 364 g/mol. The predicted molar refractivity (Wildman–Crippen MR) is 91.1 cm³/mol. The maximum absolute atomic E-state index is 13.1. The number of anilines is 1. The molecule has 0 aliphatic carbocycles. The van der Waals surface area contributed by atoms with Crippen LogP contribution in [0.25, 0.3) is 0 Å². The van der Waals surface area contributed by atoms with Gasteiger partial charge in [0.15, 0.2) is 0 Å². The van der Waals surface area contributed by atoms with Crippen molar-refractivity contribution in [1.29, 1.82) is 0 Å². The average Bonchev–Trinajstić information content (AvgIpc) is 2.59. The van der Waals surface area contributed by atoms with E-state index in [1.807, 2.05) is 0 Å². The summed E-state index contributed by atoms with van der Waals surface area (Å²) >= 11 is 0. The number of nitrogens with one attached hydrogen (secondary N) is 2. The minimum absolute atomic E-state index is 0.155. The Bertz CT molecular complexity index is 807. The molecule has 2 aromatic carbocycles. The molecule has 0 unspecified atom stereocenters. The molecule has 0 radical (unpaired) electrons. The van der Waals surface area contributed by atoms with E-state index in [2.05, 4.69) is 10.6 Å². The molecule has 0 aliphatic heterocycles. The van der Waals surface area contributed by atoms with Crippen LogP contribution < -0.4 is 20.1 Å². The fraction of sp³-hybridized carbons (Fsp3) is 0.222. The van der Waals surface area contributed by atoms with Crippen LogP contribution in [0.1, 0.15) is 18.5 Å². The molecule has 2 N–H and O–H groups in total. The first-order chi connectivity index (χ1) is 12.3. The Morgan fingerprint density at radius 1 is 0.962 bits per heavy atom. The Kier molecular flexibility index (Phi) is 6.11. The normalized spacial score (nSPS) is 11.4. The smallest absolute Gasteiger partial charge is 0.313 e. The number of carbonyl (C=O) groups excluding carboxylic acids is 2.